The van der Waals surface area contributed by atoms with Crippen molar-refractivity contribution in [3.8, 4) is 0 Å². The van der Waals surface area contributed by atoms with Gasteiger partial charge in [0, 0.05) is 33.2 Å². The number of amidine groups is 2. The molecule has 11 heteroatoms. The van der Waals surface area contributed by atoms with Crippen molar-refractivity contribution >= 4 is 23.0 Å². The quantitative estimate of drug-likeness (QED) is 0.0582. The fourth-order valence-electron chi connectivity index (χ4n) is 7.30. The van der Waals surface area contributed by atoms with Crippen LogP contribution in [0.1, 0.15) is 61.9 Å². The summed E-state index contributed by atoms with van der Waals surface area (Å²) in [5.41, 5.74) is 3.95. The third-order valence-electron chi connectivity index (χ3n) is 10.6. The van der Waals surface area contributed by atoms with Crippen molar-refractivity contribution in [1.82, 2.24) is 30.4 Å². The minimum absolute atomic E-state index is 0.329. The Balaban J connectivity index is 0.849. The van der Waals surface area contributed by atoms with Gasteiger partial charge < -0.3 is 15.5 Å². The molecular formula is C41H55N11. The molecule has 1 atom stereocenters. The molecule has 2 aliphatic heterocycles. The molecule has 2 aromatic heterocycles. The smallest absolute Gasteiger partial charge is 0.144 e. The largest absolute Gasteiger partial charge is 0.369 e. The average molecular weight is 702 g/mol. The molecule has 11 nitrogen and oxygen atoms in total. The first kappa shape index (κ1) is 37.0. The molecule has 0 bridgehead atoms. The van der Waals surface area contributed by atoms with E-state index in [1.54, 1.807) is 23.5 Å². The molecular weight excluding hydrogens is 647 g/mol. The topological polar surface area (TPSA) is 132 Å². The van der Waals surface area contributed by atoms with Gasteiger partial charge in [-0.1, -0.05) is 59.9 Å². The summed E-state index contributed by atoms with van der Waals surface area (Å²) in [6.07, 6.45) is 20.4. The third kappa shape index (κ3) is 11.4. The molecule has 4 heterocycles. The fraction of sp³-hybridized carbons (Fsp3) is 0.463. The lowest BCUT2D eigenvalue weighted by Gasteiger charge is -2.34. The van der Waals surface area contributed by atoms with E-state index in [0.29, 0.717) is 46.5 Å². The monoisotopic (exact) mass is 701 g/mol. The van der Waals surface area contributed by atoms with Crippen LogP contribution in [-0.4, -0.2) is 84.3 Å². The summed E-state index contributed by atoms with van der Waals surface area (Å²) in [4.78, 5) is 14.1. The molecule has 2 saturated heterocycles. The molecule has 1 aliphatic carbocycles. The van der Waals surface area contributed by atoms with E-state index in [1.807, 2.05) is 25.2 Å². The predicted octanol–water partition coefficient (Wildman–Crippen LogP) is 6.98. The van der Waals surface area contributed by atoms with E-state index in [1.165, 1.54) is 50.9 Å². The zero-order valence-corrected chi connectivity index (χ0v) is 30.6. The Bertz CT molecular complexity index is 1640. The van der Waals surface area contributed by atoms with Gasteiger partial charge in [0.25, 0.3) is 0 Å². The SMILES string of the molecule is CN(/N=N/c1ccc(C(=N)NCCC2CCN(Cc3ccccc3)CC2)nc1)c1ccc(C(=N)NCCC2CCN(CC3C=CC=CC3)CC2)nc1. The number of aromatic nitrogens is 2. The average Bonchev–Trinajstić information content (AvgIpc) is 3.19. The van der Waals surface area contributed by atoms with E-state index in [2.05, 4.69) is 95.4 Å². The number of rotatable bonds is 15. The second-order valence-corrected chi connectivity index (χ2v) is 14.5. The van der Waals surface area contributed by atoms with Crippen LogP contribution in [0.3, 0.4) is 0 Å². The molecule has 1 unspecified atom stereocenters. The molecule has 6 rings (SSSR count). The maximum absolute atomic E-state index is 8.49. The number of benzene rings is 1. The zero-order valence-electron chi connectivity index (χ0n) is 30.6. The lowest BCUT2D eigenvalue weighted by atomic mass is 9.92. The Morgan fingerprint density at radius 2 is 1.42 bits per heavy atom. The number of allylic oxidation sites excluding steroid dienone is 3. The van der Waals surface area contributed by atoms with E-state index >= 15 is 0 Å². The second kappa shape index (κ2) is 19.2. The van der Waals surface area contributed by atoms with Crippen LogP contribution in [0.15, 0.2) is 102 Å². The standard InChI is InChI=1S/C41H55N11/c1-50(37-13-15-39(47-29-37)41(43)45-23-17-33-20-26-52(27-21-33)31-35-10-6-3-7-11-35)49-48-36-12-14-38(46-28-36)40(42)44-22-16-32-18-24-51(25-19-32)30-34-8-4-2-5-9-34/h2-10,12-15,28-29,32-33,35H,11,16-27,30-31H2,1H3,(H2,42,44)(H2,43,45)/b49-48+. The van der Waals surface area contributed by atoms with E-state index in [0.717, 1.165) is 57.7 Å². The van der Waals surface area contributed by atoms with Crippen molar-refractivity contribution in [2.45, 2.75) is 51.5 Å². The van der Waals surface area contributed by atoms with Gasteiger partial charge >= 0.3 is 0 Å². The fourth-order valence-corrected chi connectivity index (χ4v) is 7.30. The summed E-state index contributed by atoms with van der Waals surface area (Å²) >= 11 is 0. The lowest BCUT2D eigenvalue weighted by Crippen LogP contribution is -2.37. The Hall–Kier alpha value is -4.74. The van der Waals surface area contributed by atoms with Crippen molar-refractivity contribution in [3.63, 3.8) is 0 Å². The third-order valence-corrected chi connectivity index (χ3v) is 10.6. The summed E-state index contributed by atoms with van der Waals surface area (Å²) in [7, 11) is 1.81. The molecule has 1 aromatic carbocycles. The van der Waals surface area contributed by atoms with Crippen LogP contribution in [0.5, 0.6) is 0 Å². The first-order valence-electron chi connectivity index (χ1n) is 19.0. The number of likely N-dealkylation sites (tertiary alicyclic amines) is 2. The minimum Gasteiger partial charge on any atom is -0.369 e. The first-order valence-corrected chi connectivity index (χ1v) is 19.0. The van der Waals surface area contributed by atoms with Crippen LogP contribution in [-0.2, 0) is 6.54 Å². The van der Waals surface area contributed by atoms with Gasteiger partial charge in [0.1, 0.15) is 28.7 Å². The van der Waals surface area contributed by atoms with Gasteiger partial charge in [-0.25, -0.2) is 5.01 Å². The Kier molecular flexibility index (Phi) is 13.7. The van der Waals surface area contributed by atoms with Gasteiger partial charge in [-0.2, -0.15) is 0 Å². The minimum atomic E-state index is 0.329. The number of hydrogen-bond donors (Lipinski definition) is 4. The summed E-state index contributed by atoms with van der Waals surface area (Å²) in [5, 5.41) is 33.7. The molecule has 4 N–H and O–H groups in total. The maximum Gasteiger partial charge on any atom is 0.144 e. The summed E-state index contributed by atoms with van der Waals surface area (Å²) in [5.74, 6) is 2.72. The number of piperidine rings is 2. The highest BCUT2D eigenvalue weighted by Crippen LogP contribution is 2.24. The molecule has 2 fully saturated rings. The van der Waals surface area contributed by atoms with Gasteiger partial charge in [0.15, 0.2) is 0 Å². The Morgan fingerprint density at radius 1 is 0.788 bits per heavy atom. The normalized spacial score (nSPS) is 18.8. The number of nitrogens with zero attached hydrogens (tertiary/aromatic N) is 7. The molecule has 0 spiro atoms. The van der Waals surface area contributed by atoms with Crippen molar-refractivity contribution in [2.75, 3.05) is 57.9 Å². The van der Waals surface area contributed by atoms with Gasteiger partial charge in [-0.05, 0) is 119 Å². The van der Waals surface area contributed by atoms with Gasteiger partial charge in [0.2, 0.25) is 0 Å². The van der Waals surface area contributed by atoms with E-state index in [-0.39, 0.29) is 0 Å². The summed E-state index contributed by atoms with van der Waals surface area (Å²) in [6, 6.07) is 18.1. The van der Waals surface area contributed by atoms with Gasteiger partial charge in [-0.3, -0.25) is 25.7 Å². The van der Waals surface area contributed by atoms with E-state index in [9.17, 15) is 0 Å². The summed E-state index contributed by atoms with van der Waals surface area (Å²) in [6.45, 7) is 8.36. The second-order valence-electron chi connectivity index (χ2n) is 14.5. The number of nitrogens with one attached hydrogen (secondary N) is 4. The van der Waals surface area contributed by atoms with E-state index in [4.69, 9.17) is 10.8 Å². The van der Waals surface area contributed by atoms with Crippen molar-refractivity contribution in [3.05, 3.63) is 108 Å². The van der Waals surface area contributed by atoms with Crippen LogP contribution >= 0.6 is 0 Å². The molecule has 3 aliphatic rings. The number of pyridine rings is 2. The number of anilines is 1. The summed E-state index contributed by atoms with van der Waals surface area (Å²) < 4.78 is 0. The molecule has 3 aromatic rings. The highest BCUT2D eigenvalue weighted by molar-refractivity contribution is 5.95. The zero-order chi connectivity index (χ0) is 36.0. The van der Waals surface area contributed by atoms with Crippen molar-refractivity contribution < 1.29 is 0 Å². The van der Waals surface area contributed by atoms with Crippen LogP contribution in [0.25, 0.3) is 0 Å². The van der Waals surface area contributed by atoms with Gasteiger partial charge in [0.05, 0.1) is 18.1 Å². The first-order chi connectivity index (χ1) is 25.5. The molecule has 274 valence electrons. The van der Waals surface area contributed by atoms with Crippen LogP contribution in [0.4, 0.5) is 11.4 Å². The maximum atomic E-state index is 8.49. The highest BCUT2D eigenvalue weighted by Gasteiger charge is 2.22. The van der Waals surface area contributed by atoms with Crippen molar-refractivity contribution in [1.29, 1.82) is 10.8 Å². The van der Waals surface area contributed by atoms with Crippen molar-refractivity contribution in [2.24, 2.45) is 28.1 Å². The predicted molar refractivity (Wildman–Crippen MR) is 210 cm³/mol. The Morgan fingerprint density at radius 3 is 2.00 bits per heavy atom. The Labute approximate surface area is 309 Å². The number of hydrogen-bond acceptors (Lipinski definition) is 8. The van der Waals surface area contributed by atoms with Crippen LogP contribution in [0.2, 0.25) is 0 Å². The molecule has 52 heavy (non-hydrogen) atoms. The van der Waals surface area contributed by atoms with Crippen LogP contribution in [0, 0.1) is 28.6 Å². The molecule has 0 amide bonds. The molecule has 0 radical (unpaired) electrons. The highest BCUT2D eigenvalue weighted by atomic mass is 15.5. The molecule has 0 saturated carbocycles. The van der Waals surface area contributed by atoms with E-state index < -0.39 is 0 Å². The van der Waals surface area contributed by atoms with Gasteiger partial charge in [-0.15, -0.1) is 5.11 Å². The lowest BCUT2D eigenvalue weighted by molar-refractivity contribution is 0.166. The van der Waals surface area contributed by atoms with Crippen LogP contribution < -0.4 is 15.6 Å².